The summed E-state index contributed by atoms with van der Waals surface area (Å²) in [6.07, 6.45) is 0. The molecule has 0 aliphatic heterocycles. The van der Waals surface area contributed by atoms with E-state index in [-0.39, 0.29) is 13.1 Å². The number of H-pyrrole nitrogens is 2. The number of rotatable bonds is 6. The number of benzene rings is 4. The molecule has 51 heavy (non-hydrogen) atoms. The normalized spacial score (nSPS) is 11.1. The summed E-state index contributed by atoms with van der Waals surface area (Å²) in [5.41, 5.74) is 24.4. The lowest BCUT2D eigenvalue weighted by Gasteiger charge is -2.08. The summed E-state index contributed by atoms with van der Waals surface area (Å²) in [6.45, 7) is 8.75. The molecule has 11 nitrogen and oxygen atoms in total. The molecule has 0 bridgehead atoms. The third-order valence-electron chi connectivity index (χ3n) is 8.84. The summed E-state index contributed by atoms with van der Waals surface area (Å²) < 4.78 is 15.0. The summed E-state index contributed by atoms with van der Waals surface area (Å²) in [6, 6.07) is 27.9. The summed E-state index contributed by atoms with van der Waals surface area (Å²) in [5, 5.41) is 8.05. The van der Waals surface area contributed by atoms with Crippen molar-refractivity contribution in [1.29, 1.82) is 0 Å². The zero-order valence-corrected chi connectivity index (χ0v) is 28.9. The quantitative estimate of drug-likeness (QED) is 0.0992. The van der Waals surface area contributed by atoms with Gasteiger partial charge in [-0.2, -0.15) is 0 Å². The highest BCUT2D eigenvalue weighted by molar-refractivity contribution is 7.71. The molecule has 0 spiro atoms. The predicted octanol–water partition coefficient (Wildman–Crippen LogP) is 8.47. The van der Waals surface area contributed by atoms with E-state index in [1.807, 2.05) is 94.4 Å². The molecular weight excluding hydrogens is 661 g/mol. The molecule has 6 N–H and O–H groups in total. The Kier molecular flexibility index (Phi) is 9.53. The van der Waals surface area contributed by atoms with Gasteiger partial charge in [0, 0.05) is 11.1 Å². The molecule has 4 aromatic heterocycles. The van der Waals surface area contributed by atoms with Crippen LogP contribution in [-0.2, 0) is 13.1 Å². The van der Waals surface area contributed by atoms with Gasteiger partial charge in [0.1, 0.15) is 11.5 Å². The summed E-state index contributed by atoms with van der Waals surface area (Å²) in [5.74, 6) is 1.50. The third kappa shape index (κ3) is 6.61. The highest BCUT2D eigenvalue weighted by Gasteiger charge is 2.18. The van der Waals surface area contributed by atoms with Gasteiger partial charge < -0.3 is 35.0 Å². The molecule has 0 saturated heterocycles. The van der Waals surface area contributed by atoms with Gasteiger partial charge in [-0.15, -0.1) is 0 Å². The van der Waals surface area contributed by atoms with Crippen LogP contribution in [-0.4, -0.2) is 29.4 Å². The number of nitrogens with one attached hydrogen (secondary N) is 2. The van der Waals surface area contributed by atoms with Crippen LogP contribution in [0, 0.1) is 32.5 Å². The lowest BCUT2D eigenvalue weighted by molar-refractivity contribution is 0.393. The van der Waals surface area contributed by atoms with E-state index in [1.54, 1.807) is 4.57 Å². The van der Waals surface area contributed by atoms with Crippen molar-refractivity contribution < 1.29 is 9.05 Å². The first-order valence-corrected chi connectivity index (χ1v) is 16.5. The molecule has 0 aliphatic rings. The molecule has 12 heteroatoms. The van der Waals surface area contributed by atoms with Crippen molar-refractivity contribution >= 4 is 45.7 Å². The van der Waals surface area contributed by atoms with E-state index in [0.717, 1.165) is 67.3 Å². The number of hydrogen-bond donors (Lipinski definition) is 4. The van der Waals surface area contributed by atoms with Gasteiger partial charge in [0.05, 0.1) is 57.9 Å². The number of aromatic amines is 2. The second-order valence-corrected chi connectivity index (χ2v) is 12.7. The van der Waals surface area contributed by atoms with Crippen LogP contribution >= 0.6 is 12.2 Å². The van der Waals surface area contributed by atoms with Crippen LogP contribution in [0.4, 0.5) is 11.4 Å². The Balaban J connectivity index is 0.000000172. The van der Waals surface area contributed by atoms with Gasteiger partial charge in [0.15, 0.2) is 4.77 Å². The molecular formula is C39H40N8O3S. The van der Waals surface area contributed by atoms with Gasteiger partial charge in [-0.3, -0.25) is 4.57 Å². The van der Waals surface area contributed by atoms with Crippen LogP contribution in [0.5, 0.6) is 0 Å². The lowest BCUT2D eigenvalue weighted by atomic mass is 10.0. The van der Waals surface area contributed by atoms with Crippen LogP contribution in [0.2, 0.25) is 0 Å². The van der Waals surface area contributed by atoms with Crippen LogP contribution in [0.1, 0.15) is 41.5 Å². The minimum atomic E-state index is -0.179. The van der Waals surface area contributed by atoms with Crippen molar-refractivity contribution in [2.24, 2.45) is 0 Å². The Morgan fingerprint density at radius 1 is 0.667 bits per heavy atom. The average Bonchev–Trinajstić information content (AvgIpc) is 3.82. The number of anilines is 2. The van der Waals surface area contributed by atoms with Crippen molar-refractivity contribution in [1.82, 2.24) is 29.4 Å². The first kappa shape index (κ1) is 34.7. The van der Waals surface area contributed by atoms with E-state index >= 15 is 0 Å². The standard InChI is InChI=1S/C19H18N4O2.C19H18N4OS.CH4/c1-11-17(12(2)25-22-11)14-8-15(20)18-16(9-14)23(19(24)21-18)10-13-6-4-3-5-7-13;1-11-17(12(2)24-22-11)14-8-15(20)18-16(9-14)23(19(25)21-18)10-13-6-4-3-5-7-13;/h3-9H,10,20H2,1-2H3,(H,21,24);3-9H,10,20H2,1-2H3,(H,21,25);1H4. The molecule has 4 aromatic carbocycles. The Labute approximate surface area is 299 Å². The SMILES string of the molecule is C.Cc1noc(C)c1-c1cc(N)c2[nH]c(=O)n(Cc3ccccc3)c2c1.Cc1noc(C)c1-c1cc(N)c2[nH]c(=S)n(Cc3ccccc3)c2c1. The van der Waals surface area contributed by atoms with E-state index in [4.69, 9.17) is 32.7 Å². The summed E-state index contributed by atoms with van der Waals surface area (Å²) >= 11 is 5.53. The number of aromatic nitrogens is 6. The molecule has 0 saturated carbocycles. The first-order valence-electron chi connectivity index (χ1n) is 16.1. The van der Waals surface area contributed by atoms with Gasteiger partial charge in [0.25, 0.3) is 0 Å². The Bertz CT molecular complexity index is 2390. The highest BCUT2D eigenvalue weighted by Crippen LogP contribution is 2.34. The first-order chi connectivity index (χ1) is 24.1. The third-order valence-corrected chi connectivity index (χ3v) is 9.17. The number of fused-ring (bicyclic) bond motifs is 2. The number of imidazole rings is 2. The van der Waals surface area contributed by atoms with Crippen molar-refractivity contribution in [3.05, 3.63) is 134 Å². The van der Waals surface area contributed by atoms with Crippen molar-refractivity contribution in [3.63, 3.8) is 0 Å². The van der Waals surface area contributed by atoms with Gasteiger partial charge >= 0.3 is 5.69 Å². The zero-order chi connectivity index (χ0) is 35.1. The van der Waals surface area contributed by atoms with Gasteiger partial charge in [-0.05, 0) is 86.4 Å². The van der Waals surface area contributed by atoms with Crippen molar-refractivity contribution in [2.45, 2.75) is 48.2 Å². The Morgan fingerprint density at radius 2 is 1.10 bits per heavy atom. The van der Waals surface area contributed by atoms with E-state index in [1.165, 1.54) is 5.56 Å². The van der Waals surface area contributed by atoms with Gasteiger partial charge in [-0.25, -0.2) is 4.79 Å². The fraction of sp³-hybridized carbons (Fsp3) is 0.179. The van der Waals surface area contributed by atoms with Crippen molar-refractivity contribution in [3.8, 4) is 22.3 Å². The molecule has 0 amide bonds. The highest BCUT2D eigenvalue weighted by atomic mass is 32.1. The minimum Gasteiger partial charge on any atom is -0.397 e. The molecule has 0 atom stereocenters. The number of aryl methyl sites for hydroxylation is 4. The molecule has 260 valence electrons. The monoisotopic (exact) mass is 700 g/mol. The molecule has 0 aliphatic carbocycles. The molecule has 4 heterocycles. The molecule has 0 radical (unpaired) electrons. The van der Waals surface area contributed by atoms with Gasteiger partial charge in [-0.1, -0.05) is 78.4 Å². The van der Waals surface area contributed by atoms with Gasteiger partial charge in [0.2, 0.25) is 0 Å². The number of nitrogens with zero attached hydrogens (tertiary/aromatic N) is 4. The topological polar surface area (TPSA) is 163 Å². The molecule has 8 rings (SSSR count). The van der Waals surface area contributed by atoms with Crippen LogP contribution in [0.25, 0.3) is 44.3 Å². The maximum absolute atomic E-state index is 12.4. The molecule has 8 aromatic rings. The fourth-order valence-corrected chi connectivity index (χ4v) is 6.75. The van der Waals surface area contributed by atoms with Crippen LogP contribution in [0.15, 0.2) is 98.8 Å². The number of nitrogen functional groups attached to an aromatic ring is 2. The van der Waals surface area contributed by atoms with E-state index in [9.17, 15) is 4.79 Å². The predicted molar refractivity (Wildman–Crippen MR) is 206 cm³/mol. The fourth-order valence-electron chi connectivity index (χ4n) is 6.49. The zero-order valence-electron chi connectivity index (χ0n) is 28.1. The summed E-state index contributed by atoms with van der Waals surface area (Å²) in [4.78, 5) is 18.5. The van der Waals surface area contributed by atoms with E-state index in [2.05, 4.69) is 43.0 Å². The second kappa shape index (κ2) is 14.0. The van der Waals surface area contributed by atoms with Crippen molar-refractivity contribution in [2.75, 3.05) is 11.5 Å². The maximum atomic E-state index is 12.4. The van der Waals surface area contributed by atoms with E-state index in [0.29, 0.717) is 34.8 Å². The second-order valence-electron chi connectivity index (χ2n) is 12.3. The Morgan fingerprint density at radius 3 is 1.55 bits per heavy atom. The largest absolute Gasteiger partial charge is 0.397 e. The minimum absolute atomic E-state index is 0. The smallest absolute Gasteiger partial charge is 0.326 e. The van der Waals surface area contributed by atoms with Crippen LogP contribution in [0.3, 0.4) is 0 Å². The van der Waals surface area contributed by atoms with E-state index < -0.39 is 0 Å². The summed E-state index contributed by atoms with van der Waals surface area (Å²) in [7, 11) is 0. The molecule has 0 unspecified atom stereocenters. The molecule has 0 fully saturated rings. The number of nitrogens with two attached hydrogens (primary N) is 2. The lowest BCUT2D eigenvalue weighted by Crippen LogP contribution is -2.17. The maximum Gasteiger partial charge on any atom is 0.326 e. The van der Waals surface area contributed by atoms with Crippen LogP contribution < -0.4 is 17.2 Å². The Hall–Kier alpha value is -6.14. The average molecular weight is 701 g/mol. The number of hydrogen-bond acceptors (Lipinski definition) is 8.